The SMILES string of the molecule is Cc1ccccc1OCCCC(=O)NC1CCN(C(=O)Cc2cccs2)CC1. The second kappa shape index (κ2) is 10.3. The lowest BCUT2D eigenvalue weighted by atomic mass is 10.0. The standard InChI is InChI=1S/C22H28N2O3S/c1-17-6-2-3-8-20(17)27-14-4-9-21(25)23-18-10-12-24(13-11-18)22(26)16-19-7-5-15-28-19/h2-3,5-8,15,18H,4,9-14,16H2,1H3,(H,23,25). The number of hydrogen-bond donors (Lipinski definition) is 1. The number of piperidine rings is 1. The van der Waals surface area contributed by atoms with Crippen molar-refractivity contribution in [3.63, 3.8) is 0 Å². The van der Waals surface area contributed by atoms with E-state index in [2.05, 4.69) is 5.32 Å². The fourth-order valence-electron chi connectivity index (χ4n) is 3.38. The van der Waals surface area contributed by atoms with Gasteiger partial charge in [-0.1, -0.05) is 24.3 Å². The van der Waals surface area contributed by atoms with Crippen LogP contribution >= 0.6 is 11.3 Å². The van der Waals surface area contributed by atoms with Crippen LogP contribution in [0.4, 0.5) is 0 Å². The van der Waals surface area contributed by atoms with E-state index in [0.29, 0.717) is 39.0 Å². The van der Waals surface area contributed by atoms with Gasteiger partial charge in [-0.3, -0.25) is 9.59 Å². The number of thiophene rings is 1. The maximum absolute atomic E-state index is 12.3. The molecule has 0 unspecified atom stereocenters. The molecule has 0 bridgehead atoms. The maximum atomic E-state index is 12.3. The number of nitrogens with zero attached hydrogens (tertiary/aromatic N) is 1. The molecule has 1 N–H and O–H groups in total. The Bertz CT molecular complexity index is 768. The molecular formula is C22H28N2O3S. The van der Waals surface area contributed by atoms with Gasteiger partial charge >= 0.3 is 0 Å². The third-order valence-corrected chi connectivity index (χ3v) is 5.89. The van der Waals surface area contributed by atoms with Crippen molar-refractivity contribution < 1.29 is 14.3 Å². The van der Waals surface area contributed by atoms with Crippen LogP contribution in [-0.2, 0) is 16.0 Å². The molecule has 1 aromatic carbocycles. The molecule has 0 spiro atoms. The van der Waals surface area contributed by atoms with Gasteiger partial charge in [0, 0.05) is 30.4 Å². The molecule has 2 heterocycles. The Labute approximate surface area is 170 Å². The van der Waals surface area contributed by atoms with Gasteiger partial charge in [0.25, 0.3) is 0 Å². The Hall–Kier alpha value is -2.34. The first-order chi connectivity index (χ1) is 13.6. The van der Waals surface area contributed by atoms with Crippen molar-refractivity contribution in [2.24, 2.45) is 0 Å². The average molecular weight is 401 g/mol. The second-order valence-electron chi connectivity index (χ2n) is 7.20. The first-order valence-electron chi connectivity index (χ1n) is 9.90. The van der Waals surface area contributed by atoms with Gasteiger partial charge in [-0.2, -0.15) is 0 Å². The largest absolute Gasteiger partial charge is 0.493 e. The van der Waals surface area contributed by atoms with Gasteiger partial charge in [-0.15, -0.1) is 11.3 Å². The molecule has 0 saturated carbocycles. The van der Waals surface area contributed by atoms with Gasteiger partial charge in [-0.25, -0.2) is 0 Å². The van der Waals surface area contributed by atoms with Gasteiger partial charge in [0.05, 0.1) is 13.0 Å². The minimum atomic E-state index is 0.0664. The van der Waals surface area contributed by atoms with E-state index in [1.807, 2.05) is 53.6 Å². The number of nitrogens with one attached hydrogen (secondary N) is 1. The predicted octanol–water partition coefficient (Wildman–Crippen LogP) is 3.57. The molecule has 5 nitrogen and oxygen atoms in total. The van der Waals surface area contributed by atoms with E-state index in [0.717, 1.165) is 29.0 Å². The molecule has 6 heteroatoms. The van der Waals surface area contributed by atoms with Crippen LogP contribution in [0.1, 0.15) is 36.1 Å². The molecule has 1 aromatic heterocycles. The Balaban J connectivity index is 1.30. The highest BCUT2D eigenvalue weighted by Gasteiger charge is 2.23. The number of likely N-dealkylation sites (tertiary alicyclic amines) is 1. The average Bonchev–Trinajstić information content (AvgIpc) is 3.20. The predicted molar refractivity (Wildman–Crippen MR) is 112 cm³/mol. The number of benzene rings is 1. The minimum Gasteiger partial charge on any atom is -0.493 e. The molecule has 1 fully saturated rings. The second-order valence-corrected chi connectivity index (χ2v) is 8.23. The van der Waals surface area contributed by atoms with Crippen LogP contribution in [0.15, 0.2) is 41.8 Å². The number of aryl methyl sites for hydroxylation is 1. The number of rotatable bonds is 8. The first kappa shape index (κ1) is 20.4. The summed E-state index contributed by atoms with van der Waals surface area (Å²) < 4.78 is 5.74. The lowest BCUT2D eigenvalue weighted by molar-refractivity contribution is -0.131. The number of carbonyl (C=O) groups excluding carboxylic acids is 2. The smallest absolute Gasteiger partial charge is 0.227 e. The van der Waals surface area contributed by atoms with Crippen LogP contribution in [0.3, 0.4) is 0 Å². The van der Waals surface area contributed by atoms with Crippen molar-refractivity contribution in [2.75, 3.05) is 19.7 Å². The molecular weight excluding hydrogens is 372 g/mol. The van der Waals surface area contributed by atoms with E-state index in [-0.39, 0.29) is 17.9 Å². The molecule has 3 rings (SSSR count). The molecule has 1 saturated heterocycles. The summed E-state index contributed by atoms with van der Waals surface area (Å²) in [6, 6.07) is 12.0. The van der Waals surface area contributed by atoms with E-state index in [1.54, 1.807) is 11.3 Å². The topological polar surface area (TPSA) is 58.6 Å². The zero-order chi connectivity index (χ0) is 19.8. The normalized spacial score (nSPS) is 14.7. The zero-order valence-electron chi connectivity index (χ0n) is 16.4. The number of carbonyl (C=O) groups is 2. The summed E-state index contributed by atoms with van der Waals surface area (Å²) in [6.07, 6.45) is 3.28. The van der Waals surface area contributed by atoms with Crippen LogP contribution < -0.4 is 10.1 Å². The van der Waals surface area contributed by atoms with E-state index >= 15 is 0 Å². The highest BCUT2D eigenvalue weighted by Crippen LogP contribution is 2.17. The fraction of sp³-hybridized carbons (Fsp3) is 0.455. The van der Waals surface area contributed by atoms with Gasteiger partial charge in [0.2, 0.25) is 11.8 Å². The Morgan fingerprint density at radius 1 is 1.18 bits per heavy atom. The van der Waals surface area contributed by atoms with Crippen LogP contribution in [0.5, 0.6) is 5.75 Å². The molecule has 0 atom stereocenters. The Morgan fingerprint density at radius 2 is 1.96 bits per heavy atom. The third-order valence-electron chi connectivity index (χ3n) is 5.02. The van der Waals surface area contributed by atoms with Gasteiger partial charge in [0.15, 0.2) is 0 Å². The van der Waals surface area contributed by atoms with Crippen molar-refractivity contribution >= 4 is 23.2 Å². The Kier molecular flexibility index (Phi) is 7.48. The fourth-order valence-corrected chi connectivity index (χ4v) is 4.08. The number of amides is 2. The van der Waals surface area contributed by atoms with Gasteiger partial charge in [0.1, 0.15) is 5.75 Å². The van der Waals surface area contributed by atoms with Gasteiger partial charge < -0.3 is 15.0 Å². The maximum Gasteiger partial charge on any atom is 0.227 e. The summed E-state index contributed by atoms with van der Waals surface area (Å²) in [6.45, 7) is 3.98. The highest BCUT2D eigenvalue weighted by atomic mass is 32.1. The molecule has 1 aliphatic heterocycles. The summed E-state index contributed by atoms with van der Waals surface area (Å²) >= 11 is 1.62. The van der Waals surface area contributed by atoms with Crippen molar-refractivity contribution in [3.8, 4) is 5.75 Å². The van der Waals surface area contributed by atoms with E-state index in [4.69, 9.17) is 4.74 Å². The van der Waals surface area contributed by atoms with Crippen molar-refractivity contribution in [1.82, 2.24) is 10.2 Å². The summed E-state index contributed by atoms with van der Waals surface area (Å²) in [7, 11) is 0. The van der Waals surface area contributed by atoms with Crippen molar-refractivity contribution in [3.05, 3.63) is 52.2 Å². The molecule has 2 amide bonds. The van der Waals surface area contributed by atoms with Crippen LogP contribution in [-0.4, -0.2) is 42.5 Å². The third kappa shape index (κ3) is 6.09. The number of hydrogen-bond acceptors (Lipinski definition) is 4. The van der Waals surface area contributed by atoms with Crippen molar-refractivity contribution in [1.29, 1.82) is 0 Å². The summed E-state index contributed by atoms with van der Waals surface area (Å²) in [5.74, 6) is 1.12. The monoisotopic (exact) mass is 400 g/mol. The number of para-hydroxylation sites is 1. The molecule has 150 valence electrons. The quantitative estimate of drug-likeness (QED) is 0.689. The lowest BCUT2D eigenvalue weighted by Gasteiger charge is -2.32. The summed E-state index contributed by atoms with van der Waals surface area (Å²) in [5, 5.41) is 5.10. The Morgan fingerprint density at radius 3 is 2.68 bits per heavy atom. The molecule has 28 heavy (non-hydrogen) atoms. The lowest BCUT2D eigenvalue weighted by Crippen LogP contribution is -2.46. The van der Waals surface area contributed by atoms with Crippen LogP contribution in [0.2, 0.25) is 0 Å². The molecule has 1 aliphatic rings. The van der Waals surface area contributed by atoms with Crippen LogP contribution in [0.25, 0.3) is 0 Å². The van der Waals surface area contributed by atoms with E-state index in [9.17, 15) is 9.59 Å². The molecule has 0 radical (unpaired) electrons. The highest BCUT2D eigenvalue weighted by molar-refractivity contribution is 7.10. The summed E-state index contributed by atoms with van der Waals surface area (Å²) in [4.78, 5) is 27.5. The van der Waals surface area contributed by atoms with Gasteiger partial charge in [-0.05, 0) is 49.3 Å². The zero-order valence-corrected chi connectivity index (χ0v) is 17.2. The minimum absolute atomic E-state index is 0.0664. The molecule has 2 aromatic rings. The first-order valence-corrected chi connectivity index (χ1v) is 10.8. The molecule has 0 aliphatic carbocycles. The van der Waals surface area contributed by atoms with E-state index < -0.39 is 0 Å². The van der Waals surface area contributed by atoms with Crippen LogP contribution in [0, 0.1) is 6.92 Å². The van der Waals surface area contributed by atoms with Crippen molar-refractivity contribution in [2.45, 2.75) is 45.1 Å². The summed E-state index contributed by atoms with van der Waals surface area (Å²) in [5.41, 5.74) is 1.10. The van der Waals surface area contributed by atoms with E-state index in [1.165, 1.54) is 0 Å². The number of ether oxygens (including phenoxy) is 1.